The van der Waals surface area contributed by atoms with Crippen molar-refractivity contribution in [2.75, 3.05) is 32.9 Å². The number of likely N-dealkylation sites (tertiary alicyclic amines) is 1. The van der Waals surface area contributed by atoms with Crippen LogP contribution in [0.1, 0.15) is 18.4 Å². The number of hydrogen-bond acceptors (Lipinski definition) is 4. The SMILES string of the molecule is O=C1CO[C@H]2CN(C3CCOCC3)C[C@H]2N1Cc1ccc(F)cc1. The largest absolute Gasteiger partial charge is 0.381 e. The predicted molar refractivity (Wildman–Crippen MR) is 85.9 cm³/mol. The van der Waals surface area contributed by atoms with E-state index in [1.54, 1.807) is 12.1 Å². The summed E-state index contributed by atoms with van der Waals surface area (Å²) >= 11 is 0. The van der Waals surface area contributed by atoms with Crippen LogP contribution in [0.2, 0.25) is 0 Å². The summed E-state index contributed by atoms with van der Waals surface area (Å²) in [4.78, 5) is 16.7. The molecular weight excluding hydrogens is 311 g/mol. The van der Waals surface area contributed by atoms with Gasteiger partial charge >= 0.3 is 0 Å². The zero-order chi connectivity index (χ0) is 16.5. The molecule has 0 radical (unpaired) electrons. The molecule has 0 N–H and O–H groups in total. The molecule has 130 valence electrons. The van der Waals surface area contributed by atoms with Gasteiger partial charge in [-0.25, -0.2) is 4.39 Å². The lowest BCUT2D eigenvalue weighted by Gasteiger charge is -2.37. The molecular formula is C18H23FN2O3. The highest BCUT2D eigenvalue weighted by atomic mass is 19.1. The van der Waals surface area contributed by atoms with Crippen molar-refractivity contribution in [1.82, 2.24) is 9.80 Å². The van der Waals surface area contributed by atoms with E-state index in [0.29, 0.717) is 12.6 Å². The molecule has 24 heavy (non-hydrogen) atoms. The third kappa shape index (κ3) is 3.18. The first kappa shape index (κ1) is 16.0. The number of amides is 1. The van der Waals surface area contributed by atoms with Crippen LogP contribution in [-0.4, -0.2) is 66.8 Å². The third-order valence-electron chi connectivity index (χ3n) is 5.38. The number of fused-ring (bicyclic) bond motifs is 1. The predicted octanol–water partition coefficient (Wildman–Crippen LogP) is 1.42. The van der Waals surface area contributed by atoms with Crippen LogP contribution in [0.3, 0.4) is 0 Å². The summed E-state index contributed by atoms with van der Waals surface area (Å²) in [6, 6.07) is 6.99. The Hall–Kier alpha value is -1.50. The van der Waals surface area contributed by atoms with Crippen molar-refractivity contribution in [3.8, 4) is 0 Å². The second kappa shape index (κ2) is 6.78. The fourth-order valence-corrected chi connectivity index (χ4v) is 4.03. The van der Waals surface area contributed by atoms with Gasteiger partial charge in [-0.15, -0.1) is 0 Å². The number of halogens is 1. The van der Waals surface area contributed by atoms with Crippen LogP contribution >= 0.6 is 0 Å². The molecule has 4 rings (SSSR count). The van der Waals surface area contributed by atoms with Gasteiger partial charge in [0, 0.05) is 38.9 Å². The Balaban J connectivity index is 1.47. The van der Waals surface area contributed by atoms with Gasteiger partial charge < -0.3 is 14.4 Å². The number of morpholine rings is 1. The summed E-state index contributed by atoms with van der Waals surface area (Å²) in [5.41, 5.74) is 0.954. The third-order valence-corrected chi connectivity index (χ3v) is 5.38. The average molecular weight is 334 g/mol. The molecule has 1 aromatic rings. The molecule has 3 heterocycles. The number of ether oxygens (including phenoxy) is 2. The van der Waals surface area contributed by atoms with Crippen molar-refractivity contribution >= 4 is 5.91 Å². The second-order valence-corrected chi connectivity index (χ2v) is 6.86. The normalized spacial score (nSPS) is 29.0. The van der Waals surface area contributed by atoms with Gasteiger partial charge in [-0.05, 0) is 30.5 Å². The van der Waals surface area contributed by atoms with Crippen LogP contribution in [0.5, 0.6) is 0 Å². The van der Waals surface area contributed by atoms with Crippen molar-refractivity contribution in [3.05, 3.63) is 35.6 Å². The molecule has 1 amide bonds. The minimum absolute atomic E-state index is 0.0226. The van der Waals surface area contributed by atoms with E-state index >= 15 is 0 Å². The van der Waals surface area contributed by atoms with Gasteiger partial charge in [0.1, 0.15) is 12.4 Å². The Labute approximate surface area is 141 Å². The summed E-state index contributed by atoms with van der Waals surface area (Å²) in [7, 11) is 0. The molecule has 0 saturated carbocycles. The maximum atomic E-state index is 13.1. The summed E-state index contributed by atoms with van der Waals surface area (Å²) in [6.45, 7) is 4.02. The summed E-state index contributed by atoms with van der Waals surface area (Å²) in [6.07, 6.45) is 2.17. The molecule has 0 aromatic heterocycles. The molecule has 3 aliphatic heterocycles. The number of hydrogen-bond donors (Lipinski definition) is 0. The van der Waals surface area contributed by atoms with Crippen molar-refractivity contribution in [1.29, 1.82) is 0 Å². The number of benzene rings is 1. The highest BCUT2D eigenvalue weighted by Gasteiger charge is 2.44. The molecule has 3 aliphatic rings. The van der Waals surface area contributed by atoms with E-state index in [1.165, 1.54) is 12.1 Å². The van der Waals surface area contributed by atoms with Crippen LogP contribution in [0.15, 0.2) is 24.3 Å². The minimum Gasteiger partial charge on any atom is -0.381 e. The van der Waals surface area contributed by atoms with Gasteiger partial charge in [-0.2, -0.15) is 0 Å². The molecule has 6 heteroatoms. The molecule has 0 aliphatic carbocycles. The van der Waals surface area contributed by atoms with E-state index in [1.807, 2.05) is 4.90 Å². The first-order valence-electron chi connectivity index (χ1n) is 8.68. The number of carbonyl (C=O) groups excluding carboxylic acids is 1. The lowest BCUT2D eigenvalue weighted by molar-refractivity contribution is -0.153. The monoisotopic (exact) mass is 334 g/mol. The molecule has 5 nitrogen and oxygen atoms in total. The Morgan fingerprint density at radius 2 is 1.88 bits per heavy atom. The number of nitrogens with zero attached hydrogens (tertiary/aromatic N) is 2. The number of carbonyl (C=O) groups is 1. The Bertz CT molecular complexity index is 588. The molecule has 0 unspecified atom stereocenters. The highest BCUT2D eigenvalue weighted by molar-refractivity contribution is 5.78. The van der Waals surface area contributed by atoms with Crippen LogP contribution in [0.25, 0.3) is 0 Å². The van der Waals surface area contributed by atoms with E-state index in [2.05, 4.69) is 4.90 Å². The average Bonchev–Trinajstić information content (AvgIpc) is 3.05. The molecule has 3 saturated heterocycles. The topological polar surface area (TPSA) is 42.0 Å². The fourth-order valence-electron chi connectivity index (χ4n) is 4.03. The van der Waals surface area contributed by atoms with Gasteiger partial charge in [-0.3, -0.25) is 9.69 Å². The van der Waals surface area contributed by atoms with Crippen molar-refractivity contribution < 1.29 is 18.7 Å². The Morgan fingerprint density at radius 1 is 1.12 bits per heavy atom. The molecule has 0 spiro atoms. The van der Waals surface area contributed by atoms with Crippen LogP contribution in [0.4, 0.5) is 4.39 Å². The first-order chi connectivity index (χ1) is 11.7. The maximum absolute atomic E-state index is 13.1. The number of rotatable bonds is 3. The highest BCUT2D eigenvalue weighted by Crippen LogP contribution is 2.28. The zero-order valence-electron chi connectivity index (χ0n) is 13.7. The van der Waals surface area contributed by atoms with Crippen molar-refractivity contribution in [2.24, 2.45) is 0 Å². The lowest BCUT2D eigenvalue weighted by Crippen LogP contribution is -2.53. The molecule has 3 fully saturated rings. The van der Waals surface area contributed by atoms with Gasteiger partial charge in [-0.1, -0.05) is 12.1 Å². The summed E-state index contributed by atoms with van der Waals surface area (Å²) in [5, 5.41) is 0. The van der Waals surface area contributed by atoms with Gasteiger partial charge in [0.2, 0.25) is 5.91 Å². The summed E-state index contributed by atoms with van der Waals surface area (Å²) in [5.74, 6) is -0.231. The maximum Gasteiger partial charge on any atom is 0.249 e. The fraction of sp³-hybridized carbons (Fsp3) is 0.611. The smallest absolute Gasteiger partial charge is 0.249 e. The van der Waals surface area contributed by atoms with E-state index in [4.69, 9.17) is 9.47 Å². The summed E-state index contributed by atoms with van der Waals surface area (Å²) < 4.78 is 24.3. The first-order valence-corrected chi connectivity index (χ1v) is 8.68. The lowest BCUT2D eigenvalue weighted by atomic mass is 10.1. The van der Waals surface area contributed by atoms with Crippen LogP contribution in [0, 0.1) is 5.82 Å². The quantitative estimate of drug-likeness (QED) is 0.838. The van der Waals surface area contributed by atoms with E-state index in [0.717, 1.165) is 44.7 Å². The molecule has 1 aromatic carbocycles. The Morgan fingerprint density at radius 3 is 2.62 bits per heavy atom. The zero-order valence-corrected chi connectivity index (χ0v) is 13.7. The van der Waals surface area contributed by atoms with E-state index in [9.17, 15) is 9.18 Å². The second-order valence-electron chi connectivity index (χ2n) is 6.86. The molecule has 0 bridgehead atoms. The molecule has 2 atom stereocenters. The standard InChI is InChI=1S/C18H23FN2O3/c19-14-3-1-13(2-4-14)9-21-16-10-20(15-5-7-23-8-6-15)11-17(16)24-12-18(21)22/h1-4,15-17H,5-12H2/t16-,17+/m1/s1. The van der Waals surface area contributed by atoms with Crippen LogP contribution < -0.4 is 0 Å². The Kier molecular flexibility index (Phi) is 4.52. The van der Waals surface area contributed by atoms with Crippen molar-refractivity contribution in [2.45, 2.75) is 37.6 Å². The van der Waals surface area contributed by atoms with Gasteiger partial charge in [0.15, 0.2) is 0 Å². The van der Waals surface area contributed by atoms with E-state index in [-0.39, 0.29) is 30.5 Å². The van der Waals surface area contributed by atoms with Crippen molar-refractivity contribution in [3.63, 3.8) is 0 Å². The minimum atomic E-state index is -0.253. The van der Waals surface area contributed by atoms with Gasteiger partial charge in [0.25, 0.3) is 0 Å². The van der Waals surface area contributed by atoms with Gasteiger partial charge in [0.05, 0.1) is 12.1 Å². The van der Waals surface area contributed by atoms with E-state index < -0.39 is 0 Å². The van der Waals surface area contributed by atoms with Crippen LogP contribution in [-0.2, 0) is 20.8 Å².